The summed E-state index contributed by atoms with van der Waals surface area (Å²) in [7, 11) is 1.52. The molecule has 1 aliphatic carbocycles. The van der Waals surface area contributed by atoms with Crippen LogP contribution in [-0.4, -0.2) is 70.0 Å². The summed E-state index contributed by atoms with van der Waals surface area (Å²) in [5.74, 6) is 2.06. The number of carboxylic acids is 1. The molecule has 4 atom stereocenters. The summed E-state index contributed by atoms with van der Waals surface area (Å²) in [6.07, 6.45) is 1.03. The van der Waals surface area contributed by atoms with Gasteiger partial charge in [-0.3, -0.25) is 4.90 Å². The molecule has 44 heavy (non-hydrogen) atoms. The first-order valence-electron chi connectivity index (χ1n) is 14.6. The standard InChI is InChI=1S/C32H32F2N4O6/c1-41-26-12-19(31(39)40)11-24-30(26)36-27(38(24)13-20-9-10-42-20)16-37-14-21-22(15-37)29(21)23-6-4-8-28(35-23)43-17-18-5-2-3-7-25(18)44-32(33)34/h2-8,11-12,20-22,29,32H,9-10,13-17H2,1H3,(H,39,40)/t20?,21-,22+,29?. The Morgan fingerprint density at radius 1 is 1.09 bits per heavy atom. The lowest BCUT2D eigenvalue weighted by Crippen LogP contribution is -2.33. The van der Waals surface area contributed by atoms with Crippen molar-refractivity contribution < 1.29 is 37.6 Å². The molecule has 10 nitrogen and oxygen atoms in total. The molecule has 12 heteroatoms. The number of methoxy groups -OCH3 is 1. The molecule has 2 saturated heterocycles. The largest absolute Gasteiger partial charge is 0.494 e. The maximum Gasteiger partial charge on any atom is 0.387 e. The van der Waals surface area contributed by atoms with Crippen LogP contribution in [0.5, 0.6) is 17.4 Å². The molecule has 2 unspecified atom stereocenters. The van der Waals surface area contributed by atoms with Crippen LogP contribution in [0, 0.1) is 11.8 Å². The number of ether oxygens (including phenoxy) is 4. The zero-order chi connectivity index (χ0) is 30.4. The van der Waals surface area contributed by atoms with Gasteiger partial charge in [-0.1, -0.05) is 24.3 Å². The molecule has 3 aliphatic rings. The third-order valence-corrected chi connectivity index (χ3v) is 8.83. The molecule has 2 aromatic carbocycles. The van der Waals surface area contributed by atoms with E-state index in [1.807, 2.05) is 12.1 Å². The summed E-state index contributed by atoms with van der Waals surface area (Å²) in [6, 6.07) is 15.4. The van der Waals surface area contributed by atoms with Gasteiger partial charge in [0.1, 0.15) is 29.4 Å². The molecule has 0 spiro atoms. The minimum atomic E-state index is -2.91. The van der Waals surface area contributed by atoms with Crippen LogP contribution in [0.15, 0.2) is 54.6 Å². The molecule has 4 aromatic rings. The Balaban J connectivity index is 1.03. The van der Waals surface area contributed by atoms with Gasteiger partial charge < -0.3 is 28.6 Å². The monoisotopic (exact) mass is 606 g/mol. The molecule has 3 fully saturated rings. The quantitative estimate of drug-likeness (QED) is 0.240. The zero-order valence-corrected chi connectivity index (χ0v) is 24.1. The van der Waals surface area contributed by atoms with Gasteiger partial charge in [0.05, 0.1) is 37.4 Å². The molecule has 4 heterocycles. The summed E-state index contributed by atoms with van der Waals surface area (Å²) in [4.78, 5) is 23.8. The van der Waals surface area contributed by atoms with Gasteiger partial charge in [0.25, 0.3) is 0 Å². The summed E-state index contributed by atoms with van der Waals surface area (Å²) >= 11 is 0. The number of carbonyl (C=O) groups is 1. The maximum atomic E-state index is 12.8. The Labute approximate surface area is 252 Å². The second-order valence-corrected chi connectivity index (χ2v) is 11.5. The number of pyridine rings is 1. The van der Waals surface area contributed by atoms with Crippen LogP contribution < -0.4 is 14.2 Å². The van der Waals surface area contributed by atoms with E-state index in [1.54, 1.807) is 30.3 Å². The Morgan fingerprint density at radius 2 is 1.89 bits per heavy atom. The Hall–Kier alpha value is -4.29. The molecule has 0 radical (unpaired) electrons. The third kappa shape index (κ3) is 5.55. The predicted molar refractivity (Wildman–Crippen MR) is 154 cm³/mol. The van der Waals surface area contributed by atoms with Crippen molar-refractivity contribution >= 4 is 17.0 Å². The van der Waals surface area contributed by atoms with Gasteiger partial charge in [0.2, 0.25) is 5.88 Å². The number of hydrogen-bond donors (Lipinski definition) is 1. The van der Waals surface area contributed by atoms with Gasteiger partial charge in [-0.2, -0.15) is 8.78 Å². The number of halogens is 2. The van der Waals surface area contributed by atoms with Crippen molar-refractivity contribution in [2.45, 2.75) is 44.8 Å². The molecule has 7 rings (SSSR count). The van der Waals surface area contributed by atoms with E-state index in [2.05, 4.69) is 14.2 Å². The van der Waals surface area contributed by atoms with Gasteiger partial charge in [-0.25, -0.2) is 14.8 Å². The smallest absolute Gasteiger partial charge is 0.387 e. The van der Waals surface area contributed by atoms with Crippen molar-refractivity contribution in [1.82, 2.24) is 19.4 Å². The lowest BCUT2D eigenvalue weighted by Gasteiger charge is -2.28. The number of para-hydroxylation sites is 1. The second kappa shape index (κ2) is 11.7. The molecule has 0 bridgehead atoms. The Kier molecular flexibility index (Phi) is 7.55. The van der Waals surface area contributed by atoms with Crippen LogP contribution >= 0.6 is 0 Å². The number of carboxylic acid groups (broad SMARTS) is 1. The van der Waals surface area contributed by atoms with E-state index in [4.69, 9.17) is 24.2 Å². The second-order valence-electron chi connectivity index (χ2n) is 11.5. The van der Waals surface area contributed by atoms with Crippen LogP contribution in [0.3, 0.4) is 0 Å². The van der Waals surface area contributed by atoms with Crippen molar-refractivity contribution in [3.63, 3.8) is 0 Å². The summed E-state index contributed by atoms with van der Waals surface area (Å²) in [6.45, 7) is 0.905. The van der Waals surface area contributed by atoms with Crippen LogP contribution in [-0.2, 0) is 24.4 Å². The minimum Gasteiger partial charge on any atom is -0.494 e. The molecular weight excluding hydrogens is 574 g/mol. The SMILES string of the molecule is COc1cc(C(=O)O)cc2c1nc(CN1C[C@@H]3C(c4cccc(OCc5ccccc5OC(F)F)n4)[C@@H]3C1)n2CC1CCO1. The highest BCUT2D eigenvalue weighted by Gasteiger charge is 2.57. The van der Waals surface area contributed by atoms with E-state index in [9.17, 15) is 18.7 Å². The van der Waals surface area contributed by atoms with Crippen molar-refractivity contribution in [2.24, 2.45) is 11.8 Å². The highest BCUT2D eigenvalue weighted by molar-refractivity contribution is 5.95. The maximum absolute atomic E-state index is 12.8. The van der Waals surface area contributed by atoms with E-state index in [-0.39, 0.29) is 24.0 Å². The molecule has 2 aliphatic heterocycles. The van der Waals surface area contributed by atoms with Crippen LogP contribution in [0.25, 0.3) is 11.0 Å². The average Bonchev–Trinajstić information content (AvgIpc) is 3.30. The number of fused-ring (bicyclic) bond motifs is 2. The average molecular weight is 607 g/mol. The summed E-state index contributed by atoms with van der Waals surface area (Å²) < 4.78 is 49.3. The normalized spacial score (nSPS) is 22.5. The lowest BCUT2D eigenvalue weighted by atomic mass is 10.1. The fourth-order valence-electron chi connectivity index (χ4n) is 6.54. The number of imidazole rings is 1. The van der Waals surface area contributed by atoms with Crippen LogP contribution in [0.4, 0.5) is 8.78 Å². The van der Waals surface area contributed by atoms with E-state index in [0.29, 0.717) is 53.6 Å². The highest BCUT2D eigenvalue weighted by atomic mass is 19.3. The third-order valence-electron chi connectivity index (χ3n) is 8.83. The summed E-state index contributed by atoms with van der Waals surface area (Å²) in [5, 5.41) is 9.66. The zero-order valence-electron chi connectivity index (χ0n) is 24.1. The van der Waals surface area contributed by atoms with E-state index >= 15 is 0 Å². The van der Waals surface area contributed by atoms with E-state index < -0.39 is 12.6 Å². The fraction of sp³-hybridized carbons (Fsp3) is 0.406. The van der Waals surface area contributed by atoms with Crippen molar-refractivity contribution in [3.05, 3.63) is 77.2 Å². The number of aromatic nitrogens is 3. The number of piperidine rings is 1. The Morgan fingerprint density at radius 3 is 2.59 bits per heavy atom. The molecule has 1 N–H and O–H groups in total. The lowest BCUT2D eigenvalue weighted by molar-refractivity contribution is -0.0592. The van der Waals surface area contributed by atoms with Gasteiger partial charge in [0.15, 0.2) is 0 Å². The topological polar surface area (TPSA) is 108 Å². The molecule has 2 aromatic heterocycles. The number of nitrogens with zero attached hydrogens (tertiary/aromatic N) is 4. The fourth-order valence-corrected chi connectivity index (χ4v) is 6.54. The Bertz CT molecular complexity index is 1680. The molecular formula is C32H32F2N4O6. The van der Waals surface area contributed by atoms with Crippen molar-refractivity contribution in [1.29, 1.82) is 0 Å². The van der Waals surface area contributed by atoms with Gasteiger partial charge >= 0.3 is 12.6 Å². The van der Waals surface area contributed by atoms with Gasteiger partial charge in [-0.05, 0) is 42.5 Å². The minimum absolute atomic E-state index is 0.0658. The number of benzene rings is 2. The van der Waals surface area contributed by atoms with Crippen LogP contribution in [0.1, 0.15) is 39.8 Å². The highest BCUT2D eigenvalue weighted by Crippen LogP contribution is 2.58. The number of rotatable bonds is 12. The van der Waals surface area contributed by atoms with Gasteiger partial charge in [-0.15, -0.1) is 0 Å². The van der Waals surface area contributed by atoms with Crippen LogP contribution in [0.2, 0.25) is 0 Å². The predicted octanol–water partition coefficient (Wildman–Crippen LogP) is 4.95. The first-order valence-corrected chi connectivity index (χ1v) is 14.6. The number of aromatic carboxylic acids is 1. The van der Waals surface area contributed by atoms with Crippen molar-refractivity contribution in [2.75, 3.05) is 26.8 Å². The first-order chi connectivity index (χ1) is 21.4. The molecule has 230 valence electrons. The molecule has 1 saturated carbocycles. The first kappa shape index (κ1) is 28.5. The number of likely N-dealkylation sites (tertiary alicyclic amines) is 1. The molecule has 0 amide bonds. The summed E-state index contributed by atoms with van der Waals surface area (Å²) in [5.41, 5.74) is 3.03. The van der Waals surface area contributed by atoms with Crippen molar-refractivity contribution in [3.8, 4) is 17.4 Å². The van der Waals surface area contributed by atoms with E-state index in [1.165, 1.54) is 19.2 Å². The number of alkyl halides is 2. The van der Waals surface area contributed by atoms with Gasteiger partial charge in [0, 0.05) is 42.9 Å². The van der Waals surface area contributed by atoms with E-state index in [0.717, 1.165) is 43.2 Å². The number of hydrogen-bond acceptors (Lipinski definition) is 8.